The molecule has 5 nitrogen and oxygen atoms in total. The Labute approximate surface area is 202 Å². The summed E-state index contributed by atoms with van der Waals surface area (Å²) in [4.78, 5) is 17.0. The summed E-state index contributed by atoms with van der Waals surface area (Å²) in [5, 5.41) is 6.69. The van der Waals surface area contributed by atoms with E-state index in [9.17, 15) is 18.0 Å². The molecule has 1 fully saturated rings. The largest absolute Gasteiger partial charge is 0.416 e. The molecule has 35 heavy (non-hydrogen) atoms. The highest BCUT2D eigenvalue weighted by atomic mass is 19.4. The Morgan fingerprint density at radius 3 is 2.40 bits per heavy atom. The van der Waals surface area contributed by atoms with E-state index >= 15 is 0 Å². The summed E-state index contributed by atoms with van der Waals surface area (Å²) >= 11 is 0. The molecule has 2 aliphatic heterocycles. The topological polar surface area (TPSA) is 47.6 Å². The van der Waals surface area contributed by atoms with Gasteiger partial charge in [-0.15, -0.1) is 0 Å². The monoisotopic (exact) mass is 480 g/mol. The van der Waals surface area contributed by atoms with Crippen molar-refractivity contribution in [2.24, 2.45) is 0 Å². The number of carbonyl (C=O) groups is 1. The molecule has 0 spiro atoms. The van der Waals surface area contributed by atoms with Gasteiger partial charge in [-0.2, -0.15) is 13.2 Å². The minimum Gasteiger partial charge on any atom is -0.369 e. The van der Waals surface area contributed by atoms with Crippen LogP contribution in [0.1, 0.15) is 22.7 Å². The van der Waals surface area contributed by atoms with Crippen LogP contribution in [0.25, 0.3) is 0 Å². The van der Waals surface area contributed by atoms with Crippen LogP contribution in [0.3, 0.4) is 0 Å². The number of anilines is 3. The second-order valence-electron chi connectivity index (χ2n) is 9.00. The number of halogens is 3. The molecular formula is C27H27F3N4O. The number of amides is 1. The Balaban J connectivity index is 1.21. The minimum absolute atomic E-state index is 0.0586. The fraction of sp³-hybridized carbons (Fsp3) is 0.296. The molecular weight excluding hydrogens is 453 g/mol. The zero-order valence-corrected chi connectivity index (χ0v) is 19.2. The van der Waals surface area contributed by atoms with Crippen molar-refractivity contribution in [3.63, 3.8) is 0 Å². The number of benzene rings is 3. The maximum atomic E-state index is 13.1. The van der Waals surface area contributed by atoms with Crippen molar-refractivity contribution in [1.82, 2.24) is 10.2 Å². The smallest absolute Gasteiger partial charge is 0.369 e. The van der Waals surface area contributed by atoms with E-state index in [0.717, 1.165) is 28.6 Å². The quantitative estimate of drug-likeness (QED) is 0.553. The summed E-state index contributed by atoms with van der Waals surface area (Å²) in [5.41, 5.74) is 4.14. The minimum atomic E-state index is -4.36. The SMILES string of the molecule is O=C(CN1CCN(c2cccc(C(F)(F)F)c2)CC1)NC1Cc2ccccc2Nc2ccccc21. The lowest BCUT2D eigenvalue weighted by atomic mass is 9.99. The second-order valence-corrected chi connectivity index (χ2v) is 9.00. The van der Waals surface area contributed by atoms with Gasteiger partial charge in [0.2, 0.25) is 5.91 Å². The fourth-order valence-corrected chi connectivity index (χ4v) is 4.82. The second kappa shape index (κ2) is 9.62. The molecule has 1 saturated heterocycles. The number of alkyl halides is 3. The van der Waals surface area contributed by atoms with E-state index in [1.807, 2.05) is 52.3 Å². The number of piperazine rings is 1. The predicted octanol–water partition coefficient (Wildman–Crippen LogP) is 4.98. The summed E-state index contributed by atoms with van der Waals surface area (Å²) < 4.78 is 39.2. The molecule has 1 unspecified atom stereocenters. The van der Waals surface area contributed by atoms with Crippen molar-refractivity contribution in [1.29, 1.82) is 0 Å². The molecule has 0 saturated carbocycles. The van der Waals surface area contributed by atoms with E-state index in [1.54, 1.807) is 6.07 Å². The predicted molar refractivity (Wildman–Crippen MR) is 131 cm³/mol. The van der Waals surface area contributed by atoms with E-state index < -0.39 is 11.7 Å². The van der Waals surface area contributed by atoms with Gasteiger partial charge in [0.05, 0.1) is 18.2 Å². The summed E-state index contributed by atoms with van der Waals surface area (Å²) in [6.07, 6.45) is -3.67. The molecule has 1 atom stereocenters. The van der Waals surface area contributed by atoms with Crippen molar-refractivity contribution in [3.05, 3.63) is 89.5 Å². The average molecular weight is 481 g/mol. The van der Waals surface area contributed by atoms with Crippen LogP contribution in [0.5, 0.6) is 0 Å². The summed E-state index contributed by atoms with van der Waals surface area (Å²) in [5.74, 6) is -0.0586. The maximum absolute atomic E-state index is 13.1. The molecule has 2 heterocycles. The van der Waals surface area contributed by atoms with Crippen LogP contribution in [0.2, 0.25) is 0 Å². The van der Waals surface area contributed by atoms with Gasteiger partial charge in [-0.05, 0) is 47.9 Å². The van der Waals surface area contributed by atoms with Crippen LogP contribution in [0, 0.1) is 0 Å². The third-order valence-electron chi connectivity index (χ3n) is 6.66. The van der Waals surface area contributed by atoms with Gasteiger partial charge in [0, 0.05) is 43.2 Å². The van der Waals surface area contributed by atoms with Crippen molar-refractivity contribution < 1.29 is 18.0 Å². The van der Waals surface area contributed by atoms with Crippen LogP contribution >= 0.6 is 0 Å². The number of carbonyl (C=O) groups excluding carboxylic acids is 1. The van der Waals surface area contributed by atoms with Crippen LogP contribution in [-0.2, 0) is 17.4 Å². The van der Waals surface area contributed by atoms with Crippen LogP contribution in [0.4, 0.5) is 30.2 Å². The lowest BCUT2D eigenvalue weighted by molar-refractivity contribution is -0.137. The maximum Gasteiger partial charge on any atom is 0.416 e. The number of nitrogens with zero attached hydrogens (tertiary/aromatic N) is 2. The number of fused-ring (bicyclic) bond motifs is 2. The first-order valence-corrected chi connectivity index (χ1v) is 11.7. The van der Waals surface area contributed by atoms with Gasteiger partial charge in [-0.25, -0.2) is 0 Å². The van der Waals surface area contributed by atoms with Gasteiger partial charge >= 0.3 is 6.18 Å². The molecule has 0 radical (unpaired) electrons. The van der Waals surface area contributed by atoms with E-state index in [2.05, 4.69) is 16.7 Å². The first-order valence-electron chi connectivity index (χ1n) is 11.7. The summed E-state index contributed by atoms with van der Waals surface area (Å²) in [7, 11) is 0. The number of hydrogen-bond donors (Lipinski definition) is 2. The molecule has 3 aromatic carbocycles. The molecule has 0 bridgehead atoms. The Bertz CT molecular complexity index is 1200. The molecule has 0 aliphatic carbocycles. The lowest BCUT2D eigenvalue weighted by Gasteiger charge is -2.36. The summed E-state index contributed by atoms with van der Waals surface area (Å²) in [6.45, 7) is 2.60. The van der Waals surface area contributed by atoms with E-state index in [4.69, 9.17) is 0 Å². The number of para-hydroxylation sites is 2. The highest BCUT2D eigenvalue weighted by molar-refractivity contribution is 5.80. The van der Waals surface area contributed by atoms with E-state index in [1.165, 1.54) is 12.1 Å². The number of nitrogens with one attached hydrogen (secondary N) is 2. The van der Waals surface area contributed by atoms with Gasteiger partial charge in [0.25, 0.3) is 0 Å². The standard InChI is InChI=1S/C27H27F3N4O/c28-27(29,30)20-7-5-8-21(17-20)34-14-12-33(13-15-34)18-26(35)32-25-16-19-6-1-3-10-23(19)31-24-11-4-2-9-22(24)25/h1-11,17,25,31H,12-16,18H2,(H,32,35). The molecule has 0 aromatic heterocycles. The zero-order valence-electron chi connectivity index (χ0n) is 19.2. The Hall–Kier alpha value is -3.52. The third-order valence-corrected chi connectivity index (χ3v) is 6.66. The van der Waals surface area contributed by atoms with Crippen molar-refractivity contribution in [2.75, 3.05) is 42.9 Å². The van der Waals surface area contributed by atoms with Gasteiger partial charge in [-0.3, -0.25) is 9.69 Å². The van der Waals surface area contributed by atoms with Gasteiger partial charge in [0.15, 0.2) is 0 Å². The lowest BCUT2D eigenvalue weighted by Crippen LogP contribution is -2.50. The zero-order chi connectivity index (χ0) is 24.4. The average Bonchev–Trinajstić information content (AvgIpc) is 3.00. The van der Waals surface area contributed by atoms with Crippen molar-refractivity contribution >= 4 is 23.0 Å². The van der Waals surface area contributed by atoms with Gasteiger partial charge in [-0.1, -0.05) is 42.5 Å². The normalized spacial score (nSPS) is 18.1. The molecule has 2 aliphatic rings. The first-order chi connectivity index (χ1) is 16.9. The number of rotatable bonds is 4. The van der Waals surface area contributed by atoms with Gasteiger partial charge in [0.1, 0.15) is 0 Å². The first kappa shape index (κ1) is 23.2. The molecule has 8 heteroatoms. The van der Waals surface area contributed by atoms with Crippen molar-refractivity contribution in [2.45, 2.75) is 18.6 Å². The molecule has 2 N–H and O–H groups in total. The van der Waals surface area contributed by atoms with E-state index in [0.29, 0.717) is 38.3 Å². The van der Waals surface area contributed by atoms with Crippen LogP contribution in [-0.4, -0.2) is 43.5 Å². The molecule has 1 amide bonds. The highest BCUT2D eigenvalue weighted by Gasteiger charge is 2.31. The third kappa shape index (κ3) is 5.27. The van der Waals surface area contributed by atoms with E-state index in [-0.39, 0.29) is 18.5 Å². The molecule has 5 rings (SSSR count). The Morgan fingerprint density at radius 2 is 1.63 bits per heavy atom. The highest BCUT2D eigenvalue weighted by Crippen LogP contribution is 2.35. The number of hydrogen-bond acceptors (Lipinski definition) is 4. The van der Waals surface area contributed by atoms with Crippen LogP contribution in [0.15, 0.2) is 72.8 Å². The summed E-state index contributed by atoms with van der Waals surface area (Å²) in [6, 6.07) is 21.4. The Kier molecular flexibility index (Phi) is 6.38. The van der Waals surface area contributed by atoms with Gasteiger partial charge < -0.3 is 15.5 Å². The van der Waals surface area contributed by atoms with Crippen molar-refractivity contribution in [3.8, 4) is 0 Å². The fourth-order valence-electron chi connectivity index (χ4n) is 4.82. The van der Waals surface area contributed by atoms with Crippen LogP contribution < -0.4 is 15.5 Å². The molecule has 182 valence electrons. The molecule has 3 aromatic rings. The Morgan fingerprint density at radius 1 is 0.914 bits per heavy atom.